The van der Waals surface area contributed by atoms with E-state index in [1.165, 1.54) is 0 Å². The maximum Gasteiger partial charge on any atom is 0.317 e. The maximum absolute atomic E-state index is 12.4. The molecule has 0 unspecified atom stereocenters. The van der Waals surface area contributed by atoms with Crippen LogP contribution in [0.1, 0.15) is 21.7 Å². The fourth-order valence-corrected chi connectivity index (χ4v) is 2.38. The van der Waals surface area contributed by atoms with E-state index in [0.29, 0.717) is 31.7 Å². The van der Waals surface area contributed by atoms with Crippen LogP contribution in [0.25, 0.3) is 0 Å². The Labute approximate surface area is 118 Å². The number of amides is 1. The van der Waals surface area contributed by atoms with Crippen LogP contribution >= 0.6 is 0 Å². The molecule has 6 nitrogen and oxygen atoms in total. The Hall–Kier alpha value is -1.95. The predicted octanol–water partition coefficient (Wildman–Crippen LogP) is 0.541. The van der Waals surface area contributed by atoms with E-state index in [9.17, 15) is 9.59 Å². The van der Waals surface area contributed by atoms with Crippen LogP contribution in [0.2, 0.25) is 0 Å². The second kappa shape index (κ2) is 6.00. The van der Waals surface area contributed by atoms with Crippen LogP contribution in [0, 0.1) is 13.8 Å². The molecule has 6 heteroatoms. The number of hydrogen-bond acceptors (Lipinski definition) is 4. The van der Waals surface area contributed by atoms with Gasteiger partial charge in [0.25, 0.3) is 5.91 Å². The Morgan fingerprint density at radius 2 is 1.85 bits per heavy atom. The molecule has 1 aliphatic rings. The normalized spacial score (nSPS) is 16.2. The summed E-state index contributed by atoms with van der Waals surface area (Å²) in [5, 5.41) is 8.75. The molecule has 20 heavy (non-hydrogen) atoms. The van der Waals surface area contributed by atoms with Crippen molar-refractivity contribution in [2.75, 3.05) is 32.7 Å². The summed E-state index contributed by atoms with van der Waals surface area (Å²) in [7, 11) is 0. The molecule has 108 valence electrons. The number of rotatable bonds is 3. The van der Waals surface area contributed by atoms with Gasteiger partial charge in [0, 0.05) is 31.9 Å². The van der Waals surface area contributed by atoms with Crippen molar-refractivity contribution in [3.8, 4) is 0 Å². The molecule has 0 radical (unpaired) electrons. The van der Waals surface area contributed by atoms with Crippen LogP contribution in [0.4, 0.5) is 0 Å². The van der Waals surface area contributed by atoms with Crippen molar-refractivity contribution in [1.82, 2.24) is 14.8 Å². The Morgan fingerprint density at radius 3 is 2.40 bits per heavy atom. The van der Waals surface area contributed by atoms with Gasteiger partial charge in [-0.2, -0.15) is 0 Å². The van der Waals surface area contributed by atoms with Crippen LogP contribution in [0.15, 0.2) is 12.1 Å². The Morgan fingerprint density at radius 1 is 1.20 bits per heavy atom. The standard InChI is InChI=1S/C14H19N3O3/c1-10-3-4-12(11(2)15-10)14(20)17-7-5-16(6-8-17)9-13(18)19/h3-4H,5-9H2,1-2H3,(H,18,19). The Balaban J connectivity index is 1.99. The van der Waals surface area contributed by atoms with Gasteiger partial charge in [-0.15, -0.1) is 0 Å². The predicted molar refractivity (Wildman–Crippen MR) is 73.7 cm³/mol. The molecule has 0 aromatic carbocycles. The molecule has 2 heterocycles. The number of hydrogen-bond donors (Lipinski definition) is 1. The van der Waals surface area contributed by atoms with Crippen molar-refractivity contribution in [1.29, 1.82) is 0 Å². The molecule has 0 aliphatic carbocycles. The number of piperazine rings is 1. The zero-order valence-corrected chi connectivity index (χ0v) is 11.8. The molecule has 1 aromatic rings. The monoisotopic (exact) mass is 277 g/mol. The lowest BCUT2D eigenvalue weighted by atomic mass is 10.1. The minimum Gasteiger partial charge on any atom is -0.480 e. The fourth-order valence-electron chi connectivity index (χ4n) is 2.38. The third kappa shape index (κ3) is 3.33. The van der Waals surface area contributed by atoms with Gasteiger partial charge in [0.05, 0.1) is 17.8 Å². The van der Waals surface area contributed by atoms with Crippen molar-refractivity contribution in [2.24, 2.45) is 0 Å². The van der Waals surface area contributed by atoms with Gasteiger partial charge in [-0.3, -0.25) is 19.5 Å². The number of aryl methyl sites for hydroxylation is 2. The fraction of sp³-hybridized carbons (Fsp3) is 0.500. The summed E-state index contributed by atoms with van der Waals surface area (Å²) in [6.07, 6.45) is 0. The third-order valence-electron chi connectivity index (χ3n) is 3.47. The van der Waals surface area contributed by atoms with Gasteiger partial charge in [0.2, 0.25) is 0 Å². The number of aromatic nitrogens is 1. The van der Waals surface area contributed by atoms with E-state index in [-0.39, 0.29) is 12.5 Å². The molecule has 1 amide bonds. The SMILES string of the molecule is Cc1ccc(C(=O)N2CCN(CC(=O)O)CC2)c(C)n1. The summed E-state index contributed by atoms with van der Waals surface area (Å²) < 4.78 is 0. The average molecular weight is 277 g/mol. The Kier molecular flexibility index (Phi) is 4.34. The van der Waals surface area contributed by atoms with E-state index < -0.39 is 5.97 Å². The second-order valence-corrected chi connectivity index (χ2v) is 5.05. The summed E-state index contributed by atoms with van der Waals surface area (Å²) in [4.78, 5) is 31.0. The van der Waals surface area contributed by atoms with Crippen molar-refractivity contribution >= 4 is 11.9 Å². The second-order valence-electron chi connectivity index (χ2n) is 5.05. The number of nitrogens with zero attached hydrogens (tertiary/aromatic N) is 3. The molecule has 2 rings (SSSR count). The molecular formula is C14H19N3O3. The lowest BCUT2D eigenvalue weighted by Gasteiger charge is -2.34. The molecule has 0 saturated carbocycles. The molecule has 0 spiro atoms. The van der Waals surface area contributed by atoms with Crippen LogP contribution in [0.3, 0.4) is 0 Å². The summed E-state index contributed by atoms with van der Waals surface area (Å²) in [6, 6.07) is 3.64. The minimum absolute atomic E-state index is 0.0232. The summed E-state index contributed by atoms with van der Waals surface area (Å²) >= 11 is 0. The quantitative estimate of drug-likeness (QED) is 0.873. The average Bonchev–Trinajstić information content (AvgIpc) is 2.38. The third-order valence-corrected chi connectivity index (χ3v) is 3.47. The van der Waals surface area contributed by atoms with Gasteiger partial charge in [-0.05, 0) is 26.0 Å². The van der Waals surface area contributed by atoms with Crippen molar-refractivity contribution < 1.29 is 14.7 Å². The number of carboxylic acids is 1. The summed E-state index contributed by atoms with van der Waals surface area (Å²) in [6.45, 7) is 6.06. The van der Waals surface area contributed by atoms with Crippen LogP contribution in [-0.2, 0) is 4.79 Å². The first-order valence-corrected chi connectivity index (χ1v) is 6.65. The van der Waals surface area contributed by atoms with Crippen molar-refractivity contribution in [3.63, 3.8) is 0 Å². The first-order valence-electron chi connectivity index (χ1n) is 6.65. The van der Waals surface area contributed by atoms with E-state index >= 15 is 0 Å². The van der Waals surface area contributed by atoms with E-state index in [4.69, 9.17) is 5.11 Å². The number of pyridine rings is 1. The van der Waals surface area contributed by atoms with Gasteiger partial charge >= 0.3 is 5.97 Å². The number of carboxylic acid groups (broad SMARTS) is 1. The molecule has 1 aliphatic heterocycles. The smallest absolute Gasteiger partial charge is 0.317 e. The highest BCUT2D eigenvalue weighted by Gasteiger charge is 2.24. The molecule has 1 saturated heterocycles. The Bertz CT molecular complexity index is 522. The molecule has 1 N–H and O–H groups in total. The van der Waals surface area contributed by atoms with E-state index in [2.05, 4.69) is 4.98 Å². The molecule has 1 aromatic heterocycles. The number of carbonyl (C=O) groups excluding carboxylic acids is 1. The van der Waals surface area contributed by atoms with Crippen molar-refractivity contribution in [3.05, 3.63) is 29.1 Å². The van der Waals surface area contributed by atoms with Gasteiger partial charge in [0.1, 0.15) is 0 Å². The minimum atomic E-state index is -0.830. The lowest BCUT2D eigenvalue weighted by Crippen LogP contribution is -2.50. The maximum atomic E-state index is 12.4. The zero-order valence-electron chi connectivity index (χ0n) is 11.8. The van der Waals surface area contributed by atoms with Gasteiger partial charge in [-0.1, -0.05) is 0 Å². The van der Waals surface area contributed by atoms with Gasteiger partial charge < -0.3 is 10.0 Å². The molecule has 0 atom stereocenters. The van der Waals surface area contributed by atoms with E-state index in [0.717, 1.165) is 11.4 Å². The lowest BCUT2D eigenvalue weighted by molar-refractivity contribution is -0.138. The zero-order chi connectivity index (χ0) is 14.7. The van der Waals surface area contributed by atoms with Gasteiger partial charge in [-0.25, -0.2) is 0 Å². The summed E-state index contributed by atoms with van der Waals surface area (Å²) in [5.74, 6) is -0.853. The topological polar surface area (TPSA) is 73.7 Å². The number of carbonyl (C=O) groups is 2. The first-order chi connectivity index (χ1) is 9.47. The van der Waals surface area contributed by atoms with Crippen LogP contribution in [-0.4, -0.2) is 64.5 Å². The highest BCUT2D eigenvalue weighted by molar-refractivity contribution is 5.95. The van der Waals surface area contributed by atoms with Crippen LogP contribution in [0.5, 0.6) is 0 Å². The van der Waals surface area contributed by atoms with Gasteiger partial charge in [0.15, 0.2) is 0 Å². The molecule has 1 fully saturated rings. The molecular weight excluding hydrogens is 258 g/mol. The van der Waals surface area contributed by atoms with Crippen molar-refractivity contribution in [2.45, 2.75) is 13.8 Å². The summed E-state index contributed by atoms with van der Waals surface area (Å²) in [5.41, 5.74) is 2.26. The van der Waals surface area contributed by atoms with E-state index in [1.54, 1.807) is 4.90 Å². The number of aliphatic carboxylic acids is 1. The largest absolute Gasteiger partial charge is 0.480 e. The highest BCUT2D eigenvalue weighted by atomic mass is 16.4. The van der Waals surface area contributed by atoms with E-state index in [1.807, 2.05) is 30.9 Å². The highest BCUT2D eigenvalue weighted by Crippen LogP contribution is 2.12. The first kappa shape index (κ1) is 14.5. The van der Waals surface area contributed by atoms with Crippen LogP contribution < -0.4 is 0 Å². The molecule has 0 bridgehead atoms.